The molecular weight excluding hydrogens is 350 g/mol. The van der Waals surface area contributed by atoms with Gasteiger partial charge in [0.15, 0.2) is 0 Å². The molecule has 0 aliphatic carbocycles. The summed E-state index contributed by atoms with van der Waals surface area (Å²) in [6, 6.07) is 12.8. The second-order valence-electron chi connectivity index (χ2n) is 5.28. The Labute approximate surface area is 143 Å². The second-order valence-corrected chi connectivity index (χ2v) is 7.25. The molecule has 0 aliphatic heterocycles. The summed E-state index contributed by atoms with van der Waals surface area (Å²) in [4.78, 5) is 12.5. The summed E-state index contributed by atoms with van der Waals surface area (Å²) in [6.07, 6.45) is 0. The number of nitrogens with zero attached hydrogens (tertiary/aromatic N) is 1. The van der Waals surface area contributed by atoms with Gasteiger partial charge in [0.1, 0.15) is 5.69 Å². The van der Waals surface area contributed by atoms with Crippen LogP contribution in [0.3, 0.4) is 0 Å². The predicted molar refractivity (Wildman–Crippen MR) is 93.7 cm³/mol. The van der Waals surface area contributed by atoms with Crippen LogP contribution in [0.5, 0.6) is 0 Å². The number of nitrogens with one attached hydrogen (secondary N) is 1. The van der Waals surface area contributed by atoms with E-state index in [9.17, 15) is 13.2 Å². The molecule has 6 nitrogen and oxygen atoms in total. The van der Waals surface area contributed by atoms with Gasteiger partial charge in [0.25, 0.3) is 5.91 Å². The minimum Gasteiger partial charge on any atom is -0.340 e. The van der Waals surface area contributed by atoms with Gasteiger partial charge in [-0.2, -0.15) is 0 Å². The van der Waals surface area contributed by atoms with Gasteiger partial charge in [0, 0.05) is 28.7 Å². The smallest absolute Gasteiger partial charge is 0.272 e. The summed E-state index contributed by atoms with van der Waals surface area (Å²) in [5, 5.41) is 9.12. The van der Waals surface area contributed by atoms with Gasteiger partial charge in [0.2, 0.25) is 10.0 Å². The van der Waals surface area contributed by atoms with Gasteiger partial charge in [-0.15, -0.1) is 0 Å². The van der Waals surface area contributed by atoms with Crippen molar-refractivity contribution in [1.82, 2.24) is 4.57 Å². The van der Waals surface area contributed by atoms with Gasteiger partial charge in [-0.05, 0) is 42.5 Å². The molecule has 0 spiro atoms. The van der Waals surface area contributed by atoms with Gasteiger partial charge in [-0.3, -0.25) is 4.79 Å². The molecule has 0 fully saturated rings. The topological polar surface area (TPSA) is 94.2 Å². The zero-order valence-corrected chi connectivity index (χ0v) is 14.2. The van der Waals surface area contributed by atoms with Crippen molar-refractivity contribution >= 4 is 44.1 Å². The number of carbonyl (C=O) groups excluding carboxylic acids is 1. The highest BCUT2D eigenvalue weighted by atomic mass is 35.5. The number of aryl methyl sites for hydroxylation is 1. The molecule has 2 aromatic carbocycles. The van der Waals surface area contributed by atoms with Crippen LogP contribution >= 0.6 is 11.6 Å². The van der Waals surface area contributed by atoms with Crippen molar-refractivity contribution in [3.8, 4) is 0 Å². The van der Waals surface area contributed by atoms with Crippen LogP contribution in [0.1, 0.15) is 10.5 Å². The number of anilines is 1. The molecule has 0 atom stereocenters. The molecule has 0 radical (unpaired) electrons. The van der Waals surface area contributed by atoms with E-state index in [4.69, 9.17) is 16.7 Å². The highest BCUT2D eigenvalue weighted by Crippen LogP contribution is 2.26. The minimum absolute atomic E-state index is 0.0168. The monoisotopic (exact) mass is 363 g/mol. The van der Waals surface area contributed by atoms with Crippen molar-refractivity contribution in [2.75, 3.05) is 5.32 Å². The van der Waals surface area contributed by atoms with E-state index in [0.29, 0.717) is 16.4 Å². The molecule has 0 saturated heterocycles. The van der Waals surface area contributed by atoms with E-state index in [-0.39, 0.29) is 10.8 Å². The average molecular weight is 364 g/mol. The molecule has 3 N–H and O–H groups in total. The van der Waals surface area contributed by atoms with Crippen molar-refractivity contribution in [3.05, 3.63) is 59.2 Å². The molecule has 8 heteroatoms. The quantitative estimate of drug-likeness (QED) is 0.749. The van der Waals surface area contributed by atoms with Crippen molar-refractivity contribution < 1.29 is 13.2 Å². The molecular formula is C16H14ClN3O3S. The van der Waals surface area contributed by atoms with E-state index < -0.39 is 10.0 Å². The summed E-state index contributed by atoms with van der Waals surface area (Å²) >= 11 is 6.15. The number of fused-ring (bicyclic) bond motifs is 1. The van der Waals surface area contributed by atoms with E-state index in [2.05, 4.69) is 5.32 Å². The van der Waals surface area contributed by atoms with Crippen LogP contribution < -0.4 is 10.5 Å². The second kappa shape index (κ2) is 5.94. The predicted octanol–water partition coefficient (Wildman–Crippen LogP) is 2.73. The zero-order valence-electron chi connectivity index (χ0n) is 12.7. The van der Waals surface area contributed by atoms with E-state index in [1.165, 1.54) is 24.3 Å². The van der Waals surface area contributed by atoms with Crippen LogP contribution in [0, 0.1) is 0 Å². The number of nitrogens with two attached hydrogens (primary N) is 1. The van der Waals surface area contributed by atoms with Crippen molar-refractivity contribution in [1.29, 1.82) is 0 Å². The van der Waals surface area contributed by atoms with Crippen LogP contribution in [0.4, 0.5) is 5.69 Å². The lowest BCUT2D eigenvalue weighted by Gasteiger charge is -2.07. The Bertz CT molecular complexity index is 1040. The van der Waals surface area contributed by atoms with Crippen LogP contribution in [0.2, 0.25) is 5.02 Å². The Morgan fingerprint density at radius 3 is 2.42 bits per heavy atom. The minimum atomic E-state index is -3.76. The maximum absolute atomic E-state index is 12.5. The molecule has 0 bridgehead atoms. The van der Waals surface area contributed by atoms with E-state index in [1.807, 2.05) is 12.1 Å². The van der Waals surface area contributed by atoms with Crippen LogP contribution in [0.15, 0.2) is 53.4 Å². The van der Waals surface area contributed by atoms with Crippen molar-refractivity contribution in [2.24, 2.45) is 12.2 Å². The molecule has 1 aromatic heterocycles. The number of benzene rings is 2. The fourth-order valence-corrected chi connectivity index (χ4v) is 3.20. The van der Waals surface area contributed by atoms with Gasteiger partial charge >= 0.3 is 0 Å². The molecule has 3 rings (SSSR count). The molecule has 0 aliphatic rings. The maximum Gasteiger partial charge on any atom is 0.272 e. The summed E-state index contributed by atoms with van der Waals surface area (Å²) in [5.41, 5.74) is 1.74. The Kier molecular flexibility index (Phi) is 4.08. The molecule has 1 amide bonds. The maximum atomic E-state index is 12.5. The zero-order chi connectivity index (χ0) is 17.5. The molecule has 0 unspecified atom stereocenters. The number of hydrogen-bond acceptors (Lipinski definition) is 3. The van der Waals surface area contributed by atoms with Gasteiger partial charge in [0.05, 0.1) is 4.90 Å². The lowest BCUT2D eigenvalue weighted by atomic mass is 10.2. The van der Waals surface area contributed by atoms with E-state index >= 15 is 0 Å². The molecule has 3 aromatic rings. The molecule has 1 heterocycles. The third kappa shape index (κ3) is 3.01. The third-order valence-electron chi connectivity index (χ3n) is 3.71. The summed E-state index contributed by atoms with van der Waals surface area (Å²) in [5.74, 6) is -0.326. The molecule has 124 valence electrons. The van der Waals surface area contributed by atoms with Gasteiger partial charge < -0.3 is 9.88 Å². The normalized spacial score (nSPS) is 11.6. The number of rotatable bonds is 3. The number of amides is 1. The highest BCUT2D eigenvalue weighted by Gasteiger charge is 2.15. The number of primary sulfonamides is 1. The van der Waals surface area contributed by atoms with Crippen molar-refractivity contribution in [2.45, 2.75) is 4.90 Å². The van der Waals surface area contributed by atoms with Crippen molar-refractivity contribution in [3.63, 3.8) is 0 Å². The van der Waals surface area contributed by atoms with Crippen LogP contribution in [-0.2, 0) is 17.1 Å². The first-order chi connectivity index (χ1) is 11.3. The van der Waals surface area contributed by atoms with Crippen LogP contribution in [0.25, 0.3) is 10.9 Å². The largest absolute Gasteiger partial charge is 0.340 e. The number of carbonyl (C=O) groups is 1. The van der Waals surface area contributed by atoms with Gasteiger partial charge in [-0.1, -0.05) is 17.7 Å². The lowest BCUT2D eigenvalue weighted by Crippen LogP contribution is -2.16. The summed E-state index contributed by atoms with van der Waals surface area (Å²) in [6.45, 7) is 0. The fourth-order valence-electron chi connectivity index (χ4n) is 2.47. The Morgan fingerprint density at radius 1 is 1.17 bits per heavy atom. The first kappa shape index (κ1) is 16.5. The Balaban J connectivity index is 1.90. The summed E-state index contributed by atoms with van der Waals surface area (Å²) in [7, 11) is -1.99. The molecule has 24 heavy (non-hydrogen) atoms. The molecule has 0 saturated carbocycles. The number of hydrogen-bond donors (Lipinski definition) is 2. The standard InChI is InChI=1S/C16H14ClN3O3S/c1-20-14-4-2-3-13(17)12(14)9-15(20)16(21)19-10-5-7-11(8-6-10)24(18,22)23/h2-9H,1H3,(H,19,21)(H2,18,22,23). The fraction of sp³-hybridized carbons (Fsp3) is 0.0625. The first-order valence-electron chi connectivity index (χ1n) is 6.95. The average Bonchev–Trinajstić information content (AvgIpc) is 2.86. The SMILES string of the molecule is Cn1c(C(=O)Nc2ccc(S(N)(=O)=O)cc2)cc2c(Cl)cccc21. The lowest BCUT2D eigenvalue weighted by molar-refractivity contribution is 0.101. The van der Waals surface area contributed by atoms with E-state index in [1.54, 1.807) is 23.7 Å². The van der Waals surface area contributed by atoms with Crippen LogP contribution in [-0.4, -0.2) is 18.9 Å². The van der Waals surface area contributed by atoms with E-state index in [0.717, 1.165) is 10.9 Å². The highest BCUT2D eigenvalue weighted by molar-refractivity contribution is 7.89. The first-order valence-corrected chi connectivity index (χ1v) is 8.88. The third-order valence-corrected chi connectivity index (χ3v) is 4.97. The Hall–Kier alpha value is -2.35. The number of sulfonamides is 1. The van der Waals surface area contributed by atoms with Gasteiger partial charge in [-0.25, -0.2) is 13.6 Å². The Morgan fingerprint density at radius 2 is 1.83 bits per heavy atom. The summed E-state index contributed by atoms with van der Waals surface area (Å²) < 4.78 is 24.2. The number of halogens is 1. The number of aromatic nitrogens is 1.